The number of carbonyl (C=O) groups excluding carboxylic acids is 1. The van der Waals surface area contributed by atoms with Crippen LogP contribution in [0.1, 0.15) is 21.7 Å². The Hall–Kier alpha value is -3.44. The molecule has 0 aliphatic heterocycles. The van der Waals surface area contributed by atoms with Gasteiger partial charge in [0.2, 0.25) is 5.82 Å². The Morgan fingerprint density at radius 2 is 1.72 bits per heavy atom. The summed E-state index contributed by atoms with van der Waals surface area (Å²) in [7, 11) is 0. The van der Waals surface area contributed by atoms with Crippen molar-refractivity contribution in [3.05, 3.63) is 94.8 Å². The van der Waals surface area contributed by atoms with Crippen LogP contribution >= 0.6 is 11.6 Å². The molecule has 0 radical (unpaired) electrons. The van der Waals surface area contributed by atoms with E-state index in [0.29, 0.717) is 10.8 Å². The Morgan fingerprint density at radius 3 is 2.48 bits per heavy atom. The molecule has 144 valence electrons. The van der Waals surface area contributed by atoms with Crippen LogP contribution in [0.15, 0.2) is 72.8 Å². The van der Waals surface area contributed by atoms with Crippen LogP contribution in [0.25, 0.3) is 17.1 Å². The topological polar surface area (TPSA) is 59.8 Å². The predicted molar refractivity (Wildman–Crippen MR) is 116 cm³/mol. The lowest BCUT2D eigenvalue weighted by Gasteiger charge is -2.08. The maximum atomic E-state index is 12.9. The highest BCUT2D eigenvalue weighted by atomic mass is 35.5. The van der Waals surface area contributed by atoms with Crippen LogP contribution in [0.2, 0.25) is 5.02 Å². The van der Waals surface area contributed by atoms with Crippen molar-refractivity contribution >= 4 is 23.2 Å². The molecule has 0 bridgehead atoms. The van der Waals surface area contributed by atoms with Crippen molar-refractivity contribution < 1.29 is 4.79 Å². The van der Waals surface area contributed by atoms with Gasteiger partial charge in [0, 0.05) is 16.3 Å². The smallest absolute Gasteiger partial charge is 0.295 e. The number of aryl methyl sites for hydroxylation is 1. The molecule has 6 heteroatoms. The minimum Gasteiger partial charge on any atom is -0.319 e. The number of nitrogens with zero attached hydrogens (tertiary/aromatic N) is 3. The Kier molecular flexibility index (Phi) is 5.14. The lowest BCUT2D eigenvalue weighted by molar-refractivity contribution is 0.101. The highest BCUT2D eigenvalue weighted by molar-refractivity contribution is 6.30. The van der Waals surface area contributed by atoms with Crippen LogP contribution in [-0.2, 0) is 0 Å². The number of rotatable bonds is 4. The molecule has 1 aromatic heterocycles. The van der Waals surface area contributed by atoms with Gasteiger partial charge < -0.3 is 5.32 Å². The maximum Gasteiger partial charge on any atom is 0.295 e. The van der Waals surface area contributed by atoms with Gasteiger partial charge in [-0.2, -0.15) is 0 Å². The van der Waals surface area contributed by atoms with E-state index < -0.39 is 0 Å². The molecular formula is C23H19ClN4O. The number of hydrogen-bond donors (Lipinski definition) is 1. The zero-order valence-electron chi connectivity index (χ0n) is 16.1. The molecule has 4 rings (SSSR count). The molecule has 0 fully saturated rings. The fourth-order valence-corrected chi connectivity index (χ4v) is 3.23. The van der Waals surface area contributed by atoms with E-state index in [1.807, 2.05) is 74.5 Å². The van der Waals surface area contributed by atoms with E-state index in [9.17, 15) is 4.79 Å². The van der Waals surface area contributed by atoms with Crippen LogP contribution in [0.5, 0.6) is 0 Å². The molecule has 1 heterocycles. The monoisotopic (exact) mass is 402 g/mol. The van der Waals surface area contributed by atoms with Crippen molar-refractivity contribution in [2.45, 2.75) is 13.8 Å². The first-order chi connectivity index (χ1) is 14.0. The van der Waals surface area contributed by atoms with Gasteiger partial charge >= 0.3 is 0 Å². The molecule has 5 nitrogen and oxygen atoms in total. The molecule has 0 saturated heterocycles. The molecule has 0 aliphatic rings. The van der Waals surface area contributed by atoms with Crippen molar-refractivity contribution in [3.63, 3.8) is 0 Å². The fraction of sp³-hybridized carbons (Fsp3) is 0.0870. The zero-order valence-corrected chi connectivity index (χ0v) is 16.8. The molecular weight excluding hydrogens is 384 g/mol. The molecule has 1 N–H and O–H groups in total. The van der Waals surface area contributed by atoms with Gasteiger partial charge in [-0.25, -0.2) is 9.67 Å². The van der Waals surface area contributed by atoms with Crippen LogP contribution in [0, 0.1) is 13.8 Å². The van der Waals surface area contributed by atoms with Gasteiger partial charge in [0.1, 0.15) is 0 Å². The first-order valence-electron chi connectivity index (χ1n) is 9.19. The third-order valence-corrected chi connectivity index (χ3v) is 4.98. The Labute approximate surface area is 174 Å². The maximum absolute atomic E-state index is 12.9. The quantitative estimate of drug-likeness (QED) is 0.493. The number of nitrogens with one attached hydrogen (secondary N) is 1. The predicted octanol–water partition coefficient (Wildman–Crippen LogP) is 5.46. The van der Waals surface area contributed by atoms with E-state index in [2.05, 4.69) is 15.4 Å². The summed E-state index contributed by atoms with van der Waals surface area (Å²) in [6.07, 6.45) is 0. The molecule has 0 atom stereocenters. The number of carbonyl (C=O) groups is 1. The second-order valence-corrected chi connectivity index (χ2v) is 7.15. The van der Waals surface area contributed by atoms with Gasteiger partial charge in [0.25, 0.3) is 5.91 Å². The summed E-state index contributed by atoms with van der Waals surface area (Å²) in [6, 6.07) is 22.7. The van der Waals surface area contributed by atoms with Gasteiger partial charge in [0.05, 0.1) is 5.69 Å². The Morgan fingerprint density at radius 1 is 0.966 bits per heavy atom. The summed E-state index contributed by atoms with van der Waals surface area (Å²) in [6.45, 7) is 3.98. The molecule has 0 unspecified atom stereocenters. The number of halogens is 1. The van der Waals surface area contributed by atoms with E-state index >= 15 is 0 Å². The highest BCUT2D eigenvalue weighted by Gasteiger charge is 2.19. The van der Waals surface area contributed by atoms with E-state index in [4.69, 9.17) is 11.6 Å². The summed E-state index contributed by atoms with van der Waals surface area (Å²) in [5, 5.41) is 7.99. The molecule has 4 aromatic rings. The summed E-state index contributed by atoms with van der Waals surface area (Å²) in [5.74, 6) is 0.270. The van der Waals surface area contributed by atoms with Gasteiger partial charge in [-0.15, -0.1) is 5.10 Å². The van der Waals surface area contributed by atoms with E-state index in [1.165, 1.54) is 0 Å². The van der Waals surface area contributed by atoms with Crippen molar-refractivity contribution in [3.8, 4) is 17.1 Å². The SMILES string of the molecule is Cc1cccc(NC(=O)c2nc(-c3cccc(Cl)c3)n(-c3ccccc3)n2)c1C. The van der Waals surface area contributed by atoms with Crippen LogP contribution < -0.4 is 5.32 Å². The summed E-state index contributed by atoms with van der Waals surface area (Å²) >= 11 is 6.17. The van der Waals surface area contributed by atoms with Crippen LogP contribution in [0.3, 0.4) is 0 Å². The van der Waals surface area contributed by atoms with Gasteiger partial charge in [-0.3, -0.25) is 4.79 Å². The van der Waals surface area contributed by atoms with Crippen molar-refractivity contribution in [2.24, 2.45) is 0 Å². The number of hydrogen-bond acceptors (Lipinski definition) is 3. The molecule has 0 saturated carbocycles. The first-order valence-corrected chi connectivity index (χ1v) is 9.57. The molecule has 1 amide bonds. The van der Waals surface area contributed by atoms with Gasteiger partial charge in [-0.1, -0.05) is 54.1 Å². The van der Waals surface area contributed by atoms with Gasteiger partial charge in [0.15, 0.2) is 5.82 Å². The van der Waals surface area contributed by atoms with E-state index in [-0.39, 0.29) is 11.7 Å². The van der Waals surface area contributed by atoms with Crippen LogP contribution in [0.4, 0.5) is 5.69 Å². The number of para-hydroxylation sites is 1. The van der Waals surface area contributed by atoms with Crippen molar-refractivity contribution in [2.75, 3.05) is 5.32 Å². The third-order valence-electron chi connectivity index (χ3n) is 4.75. The van der Waals surface area contributed by atoms with E-state index in [1.54, 1.807) is 16.8 Å². The second-order valence-electron chi connectivity index (χ2n) is 6.72. The molecule has 3 aromatic carbocycles. The molecule has 29 heavy (non-hydrogen) atoms. The first kappa shape index (κ1) is 18.9. The number of benzene rings is 3. The fourth-order valence-electron chi connectivity index (χ4n) is 3.04. The normalized spacial score (nSPS) is 10.7. The molecule has 0 spiro atoms. The Balaban J connectivity index is 1.77. The second kappa shape index (κ2) is 7.89. The minimum atomic E-state index is -0.364. The Bertz CT molecular complexity index is 1180. The third kappa shape index (κ3) is 3.91. The lowest BCUT2D eigenvalue weighted by atomic mass is 10.1. The number of amides is 1. The summed E-state index contributed by atoms with van der Waals surface area (Å²) in [4.78, 5) is 17.4. The average Bonchev–Trinajstić information content (AvgIpc) is 3.18. The number of anilines is 1. The largest absolute Gasteiger partial charge is 0.319 e. The summed E-state index contributed by atoms with van der Waals surface area (Å²) in [5.41, 5.74) is 4.44. The zero-order chi connectivity index (χ0) is 20.4. The van der Waals surface area contributed by atoms with Gasteiger partial charge in [-0.05, 0) is 55.3 Å². The van der Waals surface area contributed by atoms with E-state index in [0.717, 1.165) is 28.1 Å². The van der Waals surface area contributed by atoms with Crippen molar-refractivity contribution in [1.82, 2.24) is 14.8 Å². The van der Waals surface area contributed by atoms with Crippen molar-refractivity contribution in [1.29, 1.82) is 0 Å². The minimum absolute atomic E-state index is 0.0877. The standard InChI is InChI=1S/C23H19ClN4O/c1-15-8-6-13-20(16(15)2)25-23(29)21-26-22(17-9-7-10-18(24)14-17)28(27-21)19-11-4-3-5-12-19/h3-14H,1-2H3,(H,25,29). The number of aromatic nitrogens is 3. The molecule has 0 aliphatic carbocycles. The van der Waals surface area contributed by atoms with Crippen LogP contribution in [-0.4, -0.2) is 20.7 Å². The highest BCUT2D eigenvalue weighted by Crippen LogP contribution is 2.25. The lowest BCUT2D eigenvalue weighted by Crippen LogP contribution is -2.15. The average molecular weight is 403 g/mol. The summed E-state index contributed by atoms with van der Waals surface area (Å²) < 4.78 is 1.66.